The molecular weight excluding hydrogens is 253 g/mol. The lowest BCUT2D eigenvalue weighted by molar-refractivity contribution is 0.285. The number of benzene rings is 1. The van der Waals surface area contributed by atoms with E-state index in [1.54, 1.807) is 7.05 Å². The lowest BCUT2D eigenvalue weighted by Gasteiger charge is -2.30. The highest BCUT2D eigenvalue weighted by Crippen LogP contribution is 2.26. The van der Waals surface area contributed by atoms with Crippen molar-refractivity contribution in [3.63, 3.8) is 0 Å². The predicted molar refractivity (Wildman–Crippen MR) is 68.2 cm³/mol. The Morgan fingerprint density at radius 3 is 2.50 bits per heavy atom. The van der Waals surface area contributed by atoms with Crippen LogP contribution in [0.2, 0.25) is 0 Å². The second kappa shape index (κ2) is 5.36. The van der Waals surface area contributed by atoms with Crippen LogP contribution in [0.3, 0.4) is 0 Å². The maximum absolute atomic E-state index is 13.1. The zero-order chi connectivity index (χ0) is 13.2. The molecule has 0 atom stereocenters. The number of halogens is 1. The van der Waals surface area contributed by atoms with Gasteiger partial charge in [0.1, 0.15) is 5.82 Å². The van der Waals surface area contributed by atoms with Crippen LogP contribution in [-0.4, -0.2) is 25.8 Å². The van der Waals surface area contributed by atoms with Gasteiger partial charge in [0.15, 0.2) is 0 Å². The van der Waals surface area contributed by atoms with Crippen LogP contribution in [0.15, 0.2) is 29.2 Å². The minimum absolute atomic E-state index is 0.0376. The van der Waals surface area contributed by atoms with E-state index in [-0.39, 0.29) is 10.9 Å². The molecule has 2 rings (SSSR count). The Hall–Kier alpha value is -0.940. The average molecular weight is 271 g/mol. The molecule has 1 saturated carbocycles. The van der Waals surface area contributed by atoms with Crippen molar-refractivity contribution >= 4 is 10.0 Å². The summed E-state index contributed by atoms with van der Waals surface area (Å²) in [5, 5.41) is 0. The Labute approximate surface area is 108 Å². The summed E-state index contributed by atoms with van der Waals surface area (Å²) < 4.78 is 39.2. The lowest BCUT2D eigenvalue weighted by Crippen LogP contribution is -2.38. The molecule has 1 aromatic rings. The van der Waals surface area contributed by atoms with Gasteiger partial charge in [0.05, 0.1) is 4.90 Å². The lowest BCUT2D eigenvalue weighted by atomic mass is 9.96. The fourth-order valence-corrected chi connectivity index (χ4v) is 3.88. The van der Waals surface area contributed by atoms with Crippen molar-refractivity contribution in [1.29, 1.82) is 0 Å². The van der Waals surface area contributed by atoms with E-state index in [0.717, 1.165) is 31.7 Å². The van der Waals surface area contributed by atoms with Crippen LogP contribution in [0, 0.1) is 5.82 Å². The number of nitrogens with zero attached hydrogens (tertiary/aromatic N) is 1. The second-order valence-corrected chi connectivity index (χ2v) is 6.77. The van der Waals surface area contributed by atoms with Gasteiger partial charge in [0.25, 0.3) is 0 Å². The van der Waals surface area contributed by atoms with E-state index < -0.39 is 15.8 Å². The van der Waals surface area contributed by atoms with Gasteiger partial charge in [-0.05, 0) is 31.0 Å². The molecule has 0 heterocycles. The molecule has 1 aromatic carbocycles. The summed E-state index contributed by atoms with van der Waals surface area (Å²) in [6.45, 7) is 0. The third-order valence-corrected chi connectivity index (χ3v) is 5.47. The second-order valence-electron chi connectivity index (χ2n) is 4.77. The molecule has 0 aromatic heterocycles. The summed E-state index contributed by atoms with van der Waals surface area (Å²) in [6.07, 6.45) is 5.09. The molecule has 0 N–H and O–H groups in total. The van der Waals surface area contributed by atoms with Crippen LogP contribution in [0.1, 0.15) is 32.1 Å². The van der Waals surface area contributed by atoms with Gasteiger partial charge in [-0.2, -0.15) is 4.31 Å². The Morgan fingerprint density at radius 1 is 1.22 bits per heavy atom. The van der Waals surface area contributed by atoms with E-state index in [1.165, 1.54) is 28.9 Å². The van der Waals surface area contributed by atoms with Gasteiger partial charge < -0.3 is 0 Å². The van der Waals surface area contributed by atoms with Gasteiger partial charge in [0, 0.05) is 13.1 Å². The first-order valence-corrected chi connectivity index (χ1v) is 7.69. The molecule has 0 spiro atoms. The summed E-state index contributed by atoms with van der Waals surface area (Å²) in [5.41, 5.74) is 0. The van der Waals surface area contributed by atoms with Crippen molar-refractivity contribution in [3.8, 4) is 0 Å². The van der Waals surface area contributed by atoms with E-state index in [2.05, 4.69) is 0 Å². The highest BCUT2D eigenvalue weighted by molar-refractivity contribution is 7.89. The molecule has 0 aliphatic heterocycles. The Morgan fingerprint density at radius 2 is 1.89 bits per heavy atom. The van der Waals surface area contributed by atoms with Crippen molar-refractivity contribution in [1.82, 2.24) is 4.31 Å². The molecule has 5 heteroatoms. The summed E-state index contributed by atoms with van der Waals surface area (Å²) >= 11 is 0. The minimum atomic E-state index is -3.57. The standard InChI is InChI=1S/C13H18FNO2S/c1-15(12-7-3-2-4-8-12)18(16,17)13-9-5-6-11(14)10-13/h5-6,9-10,12H,2-4,7-8H2,1H3. The molecule has 100 valence electrons. The van der Waals surface area contributed by atoms with Crippen LogP contribution in [-0.2, 0) is 10.0 Å². The maximum Gasteiger partial charge on any atom is 0.243 e. The molecule has 0 unspecified atom stereocenters. The van der Waals surface area contributed by atoms with Gasteiger partial charge in [0.2, 0.25) is 10.0 Å². The van der Waals surface area contributed by atoms with Crippen LogP contribution in [0.25, 0.3) is 0 Å². The number of rotatable bonds is 3. The Kier molecular flexibility index (Phi) is 4.02. The fourth-order valence-electron chi connectivity index (χ4n) is 2.43. The third-order valence-electron chi connectivity index (χ3n) is 3.56. The highest BCUT2D eigenvalue weighted by Gasteiger charge is 2.29. The minimum Gasteiger partial charge on any atom is -0.207 e. The van der Waals surface area contributed by atoms with Crippen LogP contribution in [0.4, 0.5) is 4.39 Å². The summed E-state index contributed by atoms with van der Waals surface area (Å²) in [5.74, 6) is -0.520. The summed E-state index contributed by atoms with van der Waals surface area (Å²) in [6, 6.07) is 5.25. The summed E-state index contributed by atoms with van der Waals surface area (Å²) in [4.78, 5) is 0.0376. The third kappa shape index (κ3) is 2.72. The fraction of sp³-hybridized carbons (Fsp3) is 0.538. The molecular formula is C13H18FNO2S. The van der Waals surface area contributed by atoms with Crippen molar-refractivity contribution in [2.45, 2.75) is 43.0 Å². The average Bonchev–Trinajstić information content (AvgIpc) is 2.39. The molecule has 0 radical (unpaired) electrons. The molecule has 1 aliphatic carbocycles. The van der Waals surface area contributed by atoms with Crippen molar-refractivity contribution < 1.29 is 12.8 Å². The van der Waals surface area contributed by atoms with Crippen LogP contribution >= 0.6 is 0 Å². The Bertz CT molecular complexity index is 509. The molecule has 3 nitrogen and oxygen atoms in total. The largest absolute Gasteiger partial charge is 0.243 e. The van der Waals surface area contributed by atoms with E-state index in [4.69, 9.17) is 0 Å². The van der Waals surface area contributed by atoms with Gasteiger partial charge in [-0.15, -0.1) is 0 Å². The molecule has 0 saturated heterocycles. The first-order chi connectivity index (χ1) is 8.51. The molecule has 18 heavy (non-hydrogen) atoms. The molecule has 1 fully saturated rings. The van der Waals surface area contributed by atoms with E-state index in [1.807, 2.05) is 0 Å². The van der Waals surface area contributed by atoms with Crippen LogP contribution in [0.5, 0.6) is 0 Å². The summed E-state index contributed by atoms with van der Waals surface area (Å²) in [7, 11) is -1.97. The molecule has 0 bridgehead atoms. The van der Waals surface area contributed by atoms with Gasteiger partial charge in [-0.25, -0.2) is 12.8 Å². The van der Waals surface area contributed by atoms with Gasteiger partial charge in [-0.1, -0.05) is 25.3 Å². The van der Waals surface area contributed by atoms with Gasteiger partial charge in [-0.3, -0.25) is 0 Å². The smallest absolute Gasteiger partial charge is 0.207 e. The number of hydrogen-bond donors (Lipinski definition) is 0. The predicted octanol–water partition coefficient (Wildman–Crippen LogP) is 2.78. The van der Waals surface area contributed by atoms with Crippen molar-refractivity contribution in [2.75, 3.05) is 7.05 Å². The first kappa shape index (κ1) is 13.5. The van der Waals surface area contributed by atoms with Crippen molar-refractivity contribution in [2.24, 2.45) is 0 Å². The SMILES string of the molecule is CN(C1CCCCC1)S(=O)(=O)c1cccc(F)c1. The topological polar surface area (TPSA) is 37.4 Å². The van der Waals surface area contributed by atoms with Gasteiger partial charge >= 0.3 is 0 Å². The van der Waals surface area contributed by atoms with Crippen LogP contribution < -0.4 is 0 Å². The maximum atomic E-state index is 13.1. The van der Waals surface area contributed by atoms with Crippen molar-refractivity contribution in [3.05, 3.63) is 30.1 Å². The first-order valence-electron chi connectivity index (χ1n) is 6.25. The normalized spacial score (nSPS) is 18.2. The van der Waals surface area contributed by atoms with E-state index in [9.17, 15) is 12.8 Å². The van der Waals surface area contributed by atoms with E-state index in [0.29, 0.717) is 0 Å². The Balaban J connectivity index is 2.24. The number of sulfonamides is 1. The zero-order valence-electron chi connectivity index (χ0n) is 10.5. The highest BCUT2D eigenvalue weighted by atomic mass is 32.2. The quantitative estimate of drug-likeness (QED) is 0.847. The molecule has 0 amide bonds. The monoisotopic (exact) mass is 271 g/mol. The zero-order valence-corrected chi connectivity index (χ0v) is 11.3. The molecule has 1 aliphatic rings. The van der Waals surface area contributed by atoms with E-state index >= 15 is 0 Å². The number of hydrogen-bond acceptors (Lipinski definition) is 2.